The van der Waals surface area contributed by atoms with E-state index in [1.54, 1.807) is 23.0 Å². The largest absolute Gasteiger partial charge is 0.308 e. The highest BCUT2D eigenvalue weighted by Crippen LogP contribution is 2.26. The van der Waals surface area contributed by atoms with Gasteiger partial charge in [-0.25, -0.2) is 9.50 Å². The summed E-state index contributed by atoms with van der Waals surface area (Å²) >= 11 is 3.40. The van der Waals surface area contributed by atoms with Crippen LogP contribution in [0.3, 0.4) is 0 Å². The molecule has 18 heavy (non-hydrogen) atoms. The molecule has 2 aromatic heterocycles. The number of aromatic nitrogens is 3. The molecule has 96 valence electrons. The molecule has 5 nitrogen and oxygen atoms in total. The number of carbonyl (C=O) groups excluding carboxylic acids is 1. The van der Waals surface area contributed by atoms with Crippen LogP contribution in [0, 0.1) is 5.41 Å². The number of anilines is 1. The Hall–Kier alpha value is -1.43. The molecular formula is C12H15BrN4O. The Balaban J connectivity index is 2.22. The molecule has 0 aromatic carbocycles. The van der Waals surface area contributed by atoms with E-state index in [0.717, 1.165) is 0 Å². The van der Waals surface area contributed by atoms with E-state index in [1.165, 1.54) is 0 Å². The lowest BCUT2D eigenvalue weighted by Crippen LogP contribution is -2.20. The molecule has 0 bridgehead atoms. The molecule has 0 aliphatic rings. The SMILES string of the molecule is CC(C)(C)CC(=O)Nc1nn2cccnc2c1Br. The topological polar surface area (TPSA) is 59.3 Å². The van der Waals surface area contributed by atoms with E-state index in [9.17, 15) is 4.79 Å². The van der Waals surface area contributed by atoms with Crippen LogP contribution >= 0.6 is 15.9 Å². The maximum atomic E-state index is 11.9. The monoisotopic (exact) mass is 310 g/mol. The van der Waals surface area contributed by atoms with Gasteiger partial charge >= 0.3 is 0 Å². The summed E-state index contributed by atoms with van der Waals surface area (Å²) < 4.78 is 2.32. The number of hydrogen-bond donors (Lipinski definition) is 1. The number of fused-ring (bicyclic) bond motifs is 1. The maximum Gasteiger partial charge on any atom is 0.226 e. The van der Waals surface area contributed by atoms with Crippen molar-refractivity contribution in [3.63, 3.8) is 0 Å². The molecule has 0 atom stereocenters. The number of hydrogen-bond acceptors (Lipinski definition) is 3. The van der Waals surface area contributed by atoms with Gasteiger partial charge in [-0.15, -0.1) is 5.10 Å². The van der Waals surface area contributed by atoms with E-state index in [-0.39, 0.29) is 11.3 Å². The van der Waals surface area contributed by atoms with Gasteiger partial charge in [0.1, 0.15) is 4.47 Å². The van der Waals surface area contributed by atoms with Crippen LogP contribution in [0.5, 0.6) is 0 Å². The van der Waals surface area contributed by atoms with E-state index in [0.29, 0.717) is 22.4 Å². The fourth-order valence-corrected chi connectivity index (χ4v) is 2.06. The van der Waals surface area contributed by atoms with Gasteiger partial charge in [-0.05, 0) is 27.4 Å². The molecule has 0 fully saturated rings. The highest BCUT2D eigenvalue weighted by molar-refractivity contribution is 9.10. The van der Waals surface area contributed by atoms with Gasteiger partial charge in [-0.1, -0.05) is 20.8 Å². The van der Waals surface area contributed by atoms with Crippen LogP contribution in [0.25, 0.3) is 5.65 Å². The second-order valence-electron chi connectivity index (χ2n) is 5.34. The van der Waals surface area contributed by atoms with Gasteiger partial charge in [0, 0.05) is 18.8 Å². The van der Waals surface area contributed by atoms with Gasteiger partial charge in [-0.3, -0.25) is 4.79 Å². The Kier molecular flexibility index (Phi) is 3.38. The molecular weight excluding hydrogens is 296 g/mol. The zero-order valence-corrected chi connectivity index (χ0v) is 12.2. The number of amides is 1. The van der Waals surface area contributed by atoms with Gasteiger partial charge in [0.05, 0.1) is 0 Å². The van der Waals surface area contributed by atoms with E-state index in [4.69, 9.17) is 0 Å². The van der Waals surface area contributed by atoms with Crippen molar-refractivity contribution in [3.05, 3.63) is 22.9 Å². The first kappa shape index (κ1) is 13.0. The number of carbonyl (C=O) groups is 1. The molecule has 2 aromatic rings. The first-order valence-corrected chi connectivity index (χ1v) is 6.45. The van der Waals surface area contributed by atoms with E-state index < -0.39 is 0 Å². The number of rotatable bonds is 2. The molecule has 1 amide bonds. The van der Waals surface area contributed by atoms with Crippen molar-refractivity contribution in [1.82, 2.24) is 14.6 Å². The fraction of sp³-hybridized carbons (Fsp3) is 0.417. The van der Waals surface area contributed by atoms with Crippen molar-refractivity contribution in [1.29, 1.82) is 0 Å². The van der Waals surface area contributed by atoms with Crippen molar-refractivity contribution < 1.29 is 4.79 Å². The molecule has 2 rings (SSSR count). The van der Waals surface area contributed by atoms with Crippen LogP contribution in [0.15, 0.2) is 22.9 Å². The van der Waals surface area contributed by atoms with Gasteiger partial charge in [0.15, 0.2) is 11.5 Å². The van der Waals surface area contributed by atoms with Crippen LogP contribution in [0.2, 0.25) is 0 Å². The van der Waals surface area contributed by atoms with Gasteiger partial charge in [0.25, 0.3) is 0 Å². The zero-order valence-electron chi connectivity index (χ0n) is 10.6. The smallest absolute Gasteiger partial charge is 0.226 e. The van der Waals surface area contributed by atoms with Crippen molar-refractivity contribution in [2.75, 3.05) is 5.32 Å². The highest BCUT2D eigenvalue weighted by Gasteiger charge is 2.19. The van der Waals surface area contributed by atoms with Gasteiger partial charge < -0.3 is 5.32 Å². The summed E-state index contributed by atoms with van der Waals surface area (Å²) in [6.07, 6.45) is 3.91. The standard InChI is InChI=1S/C12H15BrN4O/c1-12(2,3)7-8(18)15-10-9(13)11-14-5-4-6-17(11)16-10/h4-6H,7H2,1-3H3,(H,15,16,18). The predicted molar refractivity (Wildman–Crippen MR) is 73.4 cm³/mol. The van der Waals surface area contributed by atoms with Crippen molar-refractivity contribution in [3.8, 4) is 0 Å². The van der Waals surface area contributed by atoms with E-state index in [1.807, 2.05) is 20.8 Å². The fourth-order valence-electron chi connectivity index (χ4n) is 1.60. The molecule has 0 aliphatic heterocycles. The number of nitrogens with zero attached hydrogens (tertiary/aromatic N) is 3. The maximum absolute atomic E-state index is 11.9. The van der Waals surface area contributed by atoms with Crippen molar-refractivity contribution in [2.24, 2.45) is 5.41 Å². The summed E-state index contributed by atoms with van der Waals surface area (Å²) in [5.41, 5.74) is 0.636. The lowest BCUT2D eigenvalue weighted by molar-refractivity contribution is -0.117. The summed E-state index contributed by atoms with van der Waals surface area (Å²) in [4.78, 5) is 16.0. The van der Waals surface area contributed by atoms with E-state index in [2.05, 4.69) is 31.3 Å². The Morgan fingerprint density at radius 2 is 2.22 bits per heavy atom. The first-order chi connectivity index (χ1) is 8.37. The predicted octanol–water partition coefficient (Wildman–Crippen LogP) is 2.87. The molecule has 0 spiro atoms. The molecule has 0 saturated carbocycles. The third-order valence-corrected chi connectivity index (χ3v) is 3.02. The first-order valence-electron chi connectivity index (χ1n) is 5.65. The Labute approximate surface area is 114 Å². The lowest BCUT2D eigenvalue weighted by atomic mass is 9.92. The van der Waals surface area contributed by atoms with Crippen molar-refractivity contribution in [2.45, 2.75) is 27.2 Å². The third kappa shape index (κ3) is 2.87. The average Bonchev–Trinajstić information content (AvgIpc) is 2.54. The van der Waals surface area contributed by atoms with Crippen LogP contribution in [0.1, 0.15) is 27.2 Å². The normalized spacial score (nSPS) is 11.8. The lowest BCUT2D eigenvalue weighted by Gasteiger charge is -2.16. The zero-order chi connectivity index (χ0) is 13.3. The molecule has 0 aliphatic carbocycles. The van der Waals surface area contributed by atoms with Crippen LogP contribution in [0.4, 0.5) is 5.82 Å². The Bertz CT molecular complexity index is 585. The third-order valence-electron chi connectivity index (χ3n) is 2.29. The molecule has 0 radical (unpaired) electrons. The summed E-state index contributed by atoms with van der Waals surface area (Å²) in [5.74, 6) is 0.453. The quantitative estimate of drug-likeness (QED) is 0.928. The summed E-state index contributed by atoms with van der Waals surface area (Å²) in [6.45, 7) is 6.06. The van der Waals surface area contributed by atoms with Gasteiger partial charge in [0.2, 0.25) is 5.91 Å². The van der Waals surface area contributed by atoms with Crippen LogP contribution in [-0.2, 0) is 4.79 Å². The van der Waals surface area contributed by atoms with Crippen LogP contribution in [-0.4, -0.2) is 20.5 Å². The summed E-state index contributed by atoms with van der Waals surface area (Å²) in [7, 11) is 0. The Morgan fingerprint density at radius 1 is 1.50 bits per heavy atom. The van der Waals surface area contributed by atoms with E-state index >= 15 is 0 Å². The highest BCUT2D eigenvalue weighted by atomic mass is 79.9. The minimum Gasteiger partial charge on any atom is -0.308 e. The molecule has 0 unspecified atom stereocenters. The molecule has 6 heteroatoms. The van der Waals surface area contributed by atoms with Gasteiger partial charge in [-0.2, -0.15) is 0 Å². The number of halogens is 1. The number of nitrogens with one attached hydrogen (secondary N) is 1. The minimum absolute atomic E-state index is 0.0477. The molecule has 1 N–H and O–H groups in total. The van der Waals surface area contributed by atoms with Crippen molar-refractivity contribution >= 4 is 33.3 Å². The summed E-state index contributed by atoms with van der Waals surface area (Å²) in [6, 6.07) is 1.78. The molecule has 2 heterocycles. The van der Waals surface area contributed by atoms with Crippen LogP contribution < -0.4 is 5.32 Å². The second-order valence-corrected chi connectivity index (χ2v) is 6.13. The Morgan fingerprint density at radius 3 is 2.83 bits per heavy atom. The minimum atomic E-state index is -0.0494. The average molecular weight is 311 g/mol. The molecule has 0 saturated heterocycles. The second kappa shape index (κ2) is 4.68. The summed E-state index contributed by atoms with van der Waals surface area (Å²) in [5, 5.41) is 7.06.